The van der Waals surface area contributed by atoms with E-state index in [1.54, 1.807) is 0 Å². The van der Waals surface area contributed by atoms with Gasteiger partial charge in [-0.05, 0) is 84.2 Å². The fraction of sp³-hybridized carbons (Fsp3) is 0. The van der Waals surface area contributed by atoms with E-state index in [2.05, 4.69) is 140 Å². The Kier molecular flexibility index (Phi) is 4.67. The van der Waals surface area contributed by atoms with Gasteiger partial charge in [0.25, 0.3) is 0 Å². The van der Waals surface area contributed by atoms with Crippen LogP contribution < -0.4 is 4.74 Å². The Balaban J connectivity index is 1.32. The van der Waals surface area contributed by atoms with Crippen molar-refractivity contribution in [2.45, 2.75) is 0 Å². The van der Waals surface area contributed by atoms with Gasteiger partial charge in [-0.15, -0.1) is 0 Å². The van der Waals surface area contributed by atoms with Gasteiger partial charge >= 0.3 is 0 Å². The van der Waals surface area contributed by atoms with Gasteiger partial charge in [-0.1, -0.05) is 121 Å². The zero-order valence-corrected chi connectivity index (χ0v) is 22.3. The van der Waals surface area contributed by atoms with Gasteiger partial charge in [0, 0.05) is 16.5 Å². The van der Waals surface area contributed by atoms with E-state index in [1.807, 2.05) is 6.07 Å². The molecule has 0 spiro atoms. The Hall–Kier alpha value is -5.40. The van der Waals surface area contributed by atoms with E-state index < -0.39 is 0 Å². The van der Waals surface area contributed by atoms with Crippen molar-refractivity contribution in [1.82, 2.24) is 0 Å². The molecule has 0 N–H and O–H groups in total. The Morgan fingerprint density at radius 1 is 0.366 bits per heavy atom. The first kappa shape index (κ1) is 22.4. The first-order chi connectivity index (χ1) is 20.3. The highest BCUT2D eigenvalue weighted by molar-refractivity contribution is 6.20. The summed E-state index contributed by atoms with van der Waals surface area (Å²) in [6.07, 6.45) is 0. The molecule has 0 saturated carbocycles. The third-order valence-corrected chi connectivity index (χ3v) is 8.62. The SMILES string of the molecule is c1cc(-c2ccc3cccc4c3c2Oc2ccccc2-4)cc(-c2c3ccccc3cc3c2ccc2ccccc23)c1. The summed E-state index contributed by atoms with van der Waals surface area (Å²) >= 11 is 0. The van der Waals surface area contributed by atoms with Crippen LogP contribution in [0.2, 0.25) is 0 Å². The van der Waals surface area contributed by atoms with E-state index in [-0.39, 0.29) is 0 Å². The summed E-state index contributed by atoms with van der Waals surface area (Å²) in [6, 6.07) is 52.6. The average Bonchev–Trinajstić information content (AvgIpc) is 3.04. The van der Waals surface area contributed by atoms with Gasteiger partial charge in [-0.3, -0.25) is 0 Å². The van der Waals surface area contributed by atoms with Crippen molar-refractivity contribution in [1.29, 1.82) is 0 Å². The van der Waals surface area contributed by atoms with Crippen LogP contribution in [0.5, 0.6) is 11.5 Å². The third kappa shape index (κ3) is 3.30. The highest BCUT2D eigenvalue weighted by Crippen LogP contribution is 2.50. The molecule has 0 aromatic heterocycles. The van der Waals surface area contributed by atoms with Crippen molar-refractivity contribution in [3.63, 3.8) is 0 Å². The predicted molar refractivity (Wildman–Crippen MR) is 173 cm³/mol. The maximum absolute atomic E-state index is 6.67. The second-order valence-electron chi connectivity index (χ2n) is 10.9. The van der Waals surface area contributed by atoms with Crippen LogP contribution in [-0.4, -0.2) is 0 Å². The molecule has 8 aromatic carbocycles. The minimum Gasteiger partial charge on any atom is -0.455 e. The molecule has 41 heavy (non-hydrogen) atoms. The Morgan fingerprint density at radius 3 is 2.02 bits per heavy atom. The van der Waals surface area contributed by atoms with Crippen LogP contribution in [0.4, 0.5) is 0 Å². The maximum atomic E-state index is 6.67. The van der Waals surface area contributed by atoms with E-state index in [1.165, 1.54) is 59.8 Å². The lowest BCUT2D eigenvalue weighted by Gasteiger charge is -2.24. The number of fused-ring (bicyclic) bond motifs is 6. The maximum Gasteiger partial charge on any atom is 0.143 e. The van der Waals surface area contributed by atoms with E-state index >= 15 is 0 Å². The van der Waals surface area contributed by atoms with Crippen molar-refractivity contribution in [3.8, 4) is 44.9 Å². The van der Waals surface area contributed by atoms with Crippen LogP contribution in [0.25, 0.3) is 76.5 Å². The number of hydrogen-bond acceptors (Lipinski definition) is 1. The largest absolute Gasteiger partial charge is 0.455 e. The zero-order valence-electron chi connectivity index (χ0n) is 22.3. The minimum absolute atomic E-state index is 0.906. The molecule has 0 fully saturated rings. The molecular weight excluding hydrogens is 496 g/mol. The molecule has 8 aromatic rings. The van der Waals surface area contributed by atoms with Gasteiger partial charge in [0.15, 0.2) is 0 Å². The quantitative estimate of drug-likeness (QED) is 0.163. The Bertz CT molecular complexity index is 2340. The van der Waals surface area contributed by atoms with E-state index in [0.29, 0.717) is 0 Å². The summed E-state index contributed by atoms with van der Waals surface area (Å²) in [5, 5.41) is 9.99. The van der Waals surface area contributed by atoms with Crippen LogP contribution in [0.1, 0.15) is 0 Å². The van der Waals surface area contributed by atoms with Gasteiger partial charge < -0.3 is 4.74 Å². The monoisotopic (exact) mass is 520 g/mol. The average molecular weight is 521 g/mol. The van der Waals surface area contributed by atoms with Gasteiger partial charge in [0.1, 0.15) is 11.5 Å². The molecule has 1 aliphatic rings. The molecule has 190 valence electrons. The molecule has 0 bridgehead atoms. The highest BCUT2D eigenvalue weighted by atomic mass is 16.5. The van der Waals surface area contributed by atoms with E-state index in [4.69, 9.17) is 4.74 Å². The van der Waals surface area contributed by atoms with Crippen LogP contribution in [0.15, 0.2) is 146 Å². The number of benzene rings is 8. The lowest BCUT2D eigenvalue weighted by molar-refractivity contribution is 0.489. The Morgan fingerprint density at radius 2 is 1.07 bits per heavy atom. The summed E-state index contributed by atoms with van der Waals surface area (Å²) < 4.78 is 6.67. The number of ether oxygens (including phenoxy) is 1. The van der Waals surface area contributed by atoms with Crippen LogP contribution in [0, 0.1) is 0 Å². The fourth-order valence-corrected chi connectivity index (χ4v) is 6.77. The topological polar surface area (TPSA) is 9.23 Å². The molecule has 1 nitrogen and oxygen atoms in total. The molecule has 0 atom stereocenters. The molecular formula is C40H24O. The van der Waals surface area contributed by atoms with Crippen molar-refractivity contribution >= 4 is 43.1 Å². The Labute approximate surface area is 237 Å². The van der Waals surface area contributed by atoms with Crippen molar-refractivity contribution in [2.24, 2.45) is 0 Å². The fourth-order valence-electron chi connectivity index (χ4n) is 6.77. The van der Waals surface area contributed by atoms with Crippen molar-refractivity contribution in [3.05, 3.63) is 146 Å². The summed E-state index contributed by atoms with van der Waals surface area (Å²) in [7, 11) is 0. The van der Waals surface area contributed by atoms with Crippen LogP contribution >= 0.6 is 0 Å². The van der Waals surface area contributed by atoms with Gasteiger partial charge in [-0.25, -0.2) is 0 Å². The lowest BCUT2D eigenvalue weighted by atomic mass is 9.88. The van der Waals surface area contributed by atoms with Crippen molar-refractivity contribution < 1.29 is 4.74 Å². The lowest BCUT2D eigenvalue weighted by Crippen LogP contribution is -1.99. The van der Waals surface area contributed by atoms with Gasteiger partial charge in [0.05, 0.1) is 0 Å². The van der Waals surface area contributed by atoms with E-state index in [0.717, 1.165) is 28.2 Å². The second-order valence-corrected chi connectivity index (χ2v) is 10.9. The summed E-state index contributed by atoms with van der Waals surface area (Å²) in [6.45, 7) is 0. The molecule has 9 rings (SSSR count). The number of rotatable bonds is 2. The highest BCUT2D eigenvalue weighted by Gasteiger charge is 2.23. The van der Waals surface area contributed by atoms with E-state index in [9.17, 15) is 0 Å². The predicted octanol–water partition coefficient (Wildman–Crippen LogP) is 11.4. The van der Waals surface area contributed by atoms with Crippen LogP contribution in [0.3, 0.4) is 0 Å². The summed E-state index contributed by atoms with van der Waals surface area (Å²) in [5.41, 5.74) is 7.10. The second kappa shape index (κ2) is 8.55. The van der Waals surface area contributed by atoms with Gasteiger partial charge in [0.2, 0.25) is 0 Å². The third-order valence-electron chi connectivity index (χ3n) is 8.62. The molecule has 1 heteroatoms. The summed E-state index contributed by atoms with van der Waals surface area (Å²) in [4.78, 5) is 0. The number of hydrogen-bond donors (Lipinski definition) is 0. The molecule has 1 heterocycles. The first-order valence-electron chi connectivity index (χ1n) is 14.1. The molecule has 1 aliphatic heterocycles. The standard InChI is InChI=1S/C40H24O/c1-3-14-30-25(9-1)19-22-35-36(30)24-28-10-2-4-15-31(28)38(35)29-13-7-12-27(23-29)32-21-20-26-11-8-17-34-33-16-5-6-18-37(33)41-40(32)39(26)34/h1-24H. The first-order valence-corrected chi connectivity index (χ1v) is 14.1. The smallest absolute Gasteiger partial charge is 0.143 e. The van der Waals surface area contributed by atoms with Gasteiger partial charge in [-0.2, -0.15) is 0 Å². The van der Waals surface area contributed by atoms with Crippen molar-refractivity contribution in [2.75, 3.05) is 0 Å². The molecule has 0 aliphatic carbocycles. The minimum atomic E-state index is 0.906. The molecule has 0 amide bonds. The zero-order chi connectivity index (χ0) is 26.9. The number of para-hydroxylation sites is 1. The molecule has 0 saturated heterocycles. The normalized spacial score (nSPS) is 12.1. The molecule has 0 radical (unpaired) electrons. The summed E-state index contributed by atoms with van der Waals surface area (Å²) in [5.74, 6) is 1.84. The van der Waals surface area contributed by atoms with Crippen LogP contribution in [-0.2, 0) is 0 Å². The molecule has 0 unspecified atom stereocenters.